The van der Waals surface area contributed by atoms with Gasteiger partial charge < -0.3 is 5.32 Å². The topological polar surface area (TPSA) is 75.3 Å². The van der Waals surface area contributed by atoms with Gasteiger partial charge in [0, 0.05) is 6.42 Å². The van der Waals surface area contributed by atoms with Crippen molar-refractivity contribution in [3.05, 3.63) is 20.8 Å². The Balaban J connectivity index is 1.99. The SMILES string of the molecule is O=C1CCC(NC(=O)c2ccc(Br)s2)C(=O)N1. The van der Waals surface area contributed by atoms with Gasteiger partial charge in [0.05, 0.1) is 8.66 Å². The number of hydrogen-bond donors (Lipinski definition) is 2. The molecule has 90 valence electrons. The lowest BCUT2D eigenvalue weighted by molar-refractivity contribution is -0.134. The molecule has 1 atom stereocenters. The summed E-state index contributed by atoms with van der Waals surface area (Å²) in [4.78, 5) is 34.6. The van der Waals surface area contributed by atoms with E-state index in [4.69, 9.17) is 0 Å². The molecule has 3 amide bonds. The van der Waals surface area contributed by atoms with Gasteiger partial charge in [0.1, 0.15) is 6.04 Å². The van der Waals surface area contributed by atoms with Crippen LogP contribution in [0.5, 0.6) is 0 Å². The van der Waals surface area contributed by atoms with E-state index in [-0.39, 0.29) is 18.2 Å². The van der Waals surface area contributed by atoms with Gasteiger partial charge in [-0.2, -0.15) is 0 Å². The van der Waals surface area contributed by atoms with E-state index in [2.05, 4.69) is 26.6 Å². The number of rotatable bonds is 2. The Morgan fingerprint density at radius 1 is 1.47 bits per heavy atom. The van der Waals surface area contributed by atoms with Crippen molar-refractivity contribution in [1.82, 2.24) is 10.6 Å². The summed E-state index contributed by atoms with van der Waals surface area (Å²) >= 11 is 4.55. The van der Waals surface area contributed by atoms with Crippen LogP contribution in [0.2, 0.25) is 0 Å². The van der Waals surface area contributed by atoms with Crippen LogP contribution < -0.4 is 10.6 Å². The number of piperidine rings is 1. The summed E-state index contributed by atoms with van der Waals surface area (Å²) < 4.78 is 0.853. The fraction of sp³-hybridized carbons (Fsp3) is 0.300. The second-order valence-corrected chi connectivity index (χ2v) is 6.04. The van der Waals surface area contributed by atoms with E-state index in [9.17, 15) is 14.4 Å². The zero-order valence-corrected chi connectivity index (χ0v) is 11.1. The highest BCUT2D eigenvalue weighted by atomic mass is 79.9. The molecule has 2 rings (SSSR count). The van der Waals surface area contributed by atoms with Crippen LogP contribution in [-0.2, 0) is 9.59 Å². The molecule has 7 heteroatoms. The zero-order chi connectivity index (χ0) is 12.4. The van der Waals surface area contributed by atoms with Crippen molar-refractivity contribution in [3.63, 3.8) is 0 Å². The standard InChI is InChI=1S/C10H9BrN2O3S/c11-7-3-2-6(17-7)10(16)12-5-1-4-8(14)13-9(5)15/h2-3,5H,1,4H2,(H,12,16)(H,13,14,15). The summed E-state index contributed by atoms with van der Waals surface area (Å²) in [5.74, 6) is -1.03. The monoisotopic (exact) mass is 316 g/mol. The first-order valence-corrected chi connectivity index (χ1v) is 6.57. The Kier molecular flexibility index (Phi) is 3.58. The molecule has 1 unspecified atom stereocenters. The molecule has 0 aromatic carbocycles. The average Bonchev–Trinajstić information content (AvgIpc) is 2.69. The van der Waals surface area contributed by atoms with Gasteiger partial charge in [0.15, 0.2) is 0 Å². The maximum atomic E-state index is 11.8. The van der Waals surface area contributed by atoms with Crippen LogP contribution in [-0.4, -0.2) is 23.8 Å². The largest absolute Gasteiger partial charge is 0.340 e. The number of imide groups is 1. The van der Waals surface area contributed by atoms with Crippen molar-refractivity contribution >= 4 is 45.0 Å². The molecular formula is C10H9BrN2O3S. The summed E-state index contributed by atoms with van der Waals surface area (Å²) in [5, 5.41) is 4.80. The molecule has 1 aromatic rings. The van der Waals surface area contributed by atoms with Gasteiger partial charge >= 0.3 is 0 Å². The molecule has 17 heavy (non-hydrogen) atoms. The second kappa shape index (κ2) is 4.97. The number of hydrogen-bond acceptors (Lipinski definition) is 4. The summed E-state index contributed by atoms with van der Waals surface area (Å²) in [7, 11) is 0. The van der Waals surface area contributed by atoms with Gasteiger partial charge in [-0.3, -0.25) is 19.7 Å². The molecule has 5 nitrogen and oxygen atoms in total. The molecule has 0 radical (unpaired) electrons. The van der Waals surface area contributed by atoms with Crippen LogP contribution >= 0.6 is 27.3 Å². The normalized spacial score (nSPS) is 19.9. The molecule has 1 fully saturated rings. The van der Waals surface area contributed by atoms with Crippen LogP contribution in [0.15, 0.2) is 15.9 Å². The van der Waals surface area contributed by atoms with Crippen molar-refractivity contribution in [2.45, 2.75) is 18.9 Å². The highest BCUT2D eigenvalue weighted by Gasteiger charge is 2.28. The predicted molar refractivity (Wildman–Crippen MR) is 65.7 cm³/mol. The summed E-state index contributed by atoms with van der Waals surface area (Å²) in [6.07, 6.45) is 0.605. The molecule has 1 aliphatic heterocycles. The lowest BCUT2D eigenvalue weighted by Crippen LogP contribution is -2.52. The van der Waals surface area contributed by atoms with E-state index >= 15 is 0 Å². The molecular weight excluding hydrogens is 308 g/mol. The number of thiophene rings is 1. The lowest BCUT2D eigenvalue weighted by atomic mass is 10.1. The van der Waals surface area contributed by atoms with Crippen LogP contribution in [0.25, 0.3) is 0 Å². The minimum atomic E-state index is -0.624. The van der Waals surface area contributed by atoms with Crippen LogP contribution in [0.1, 0.15) is 22.5 Å². The van der Waals surface area contributed by atoms with Crippen LogP contribution in [0.3, 0.4) is 0 Å². The molecule has 0 aliphatic carbocycles. The number of amides is 3. The third-order valence-corrected chi connectivity index (χ3v) is 3.96. The van der Waals surface area contributed by atoms with E-state index in [1.165, 1.54) is 11.3 Å². The third kappa shape index (κ3) is 2.92. The Hall–Kier alpha value is -1.21. The van der Waals surface area contributed by atoms with E-state index < -0.39 is 11.9 Å². The van der Waals surface area contributed by atoms with E-state index in [1.54, 1.807) is 12.1 Å². The molecule has 0 spiro atoms. The quantitative estimate of drug-likeness (QED) is 0.801. The second-order valence-electron chi connectivity index (χ2n) is 3.58. The zero-order valence-electron chi connectivity index (χ0n) is 8.66. The third-order valence-electron chi connectivity index (χ3n) is 2.34. The first-order valence-electron chi connectivity index (χ1n) is 4.96. The molecule has 0 saturated carbocycles. The fourth-order valence-electron chi connectivity index (χ4n) is 1.50. The Morgan fingerprint density at radius 3 is 2.82 bits per heavy atom. The summed E-state index contributed by atoms with van der Waals surface area (Å²) in [5.41, 5.74) is 0. The first kappa shape index (κ1) is 12.3. The highest BCUT2D eigenvalue weighted by Crippen LogP contribution is 2.22. The molecule has 2 heterocycles. The van der Waals surface area contributed by atoms with E-state index in [1.807, 2.05) is 0 Å². The molecule has 0 bridgehead atoms. The maximum absolute atomic E-state index is 11.8. The minimum absolute atomic E-state index is 0.255. The first-order chi connectivity index (χ1) is 8.06. The summed E-state index contributed by atoms with van der Waals surface area (Å²) in [6, 6.07) is 2.82. The number of carbonyl (C=O) groups is 3. The molecule has 1 aliphatic rings. The smallest absolute Gasteiger partial charge is 0.262 e. The number of nitrogens with one attached hydrogen (secondary N) is 2. The van der Waals surface area contributed by atoms with Gasteiger partial charge in [-0.05, 0) is 34.5 Å². The van der Waals surface area contributed by atoms with Gasteiger partial charge in [-0.1, -0.05) is 0 Å². The fourth-order valence-corrected chi connectivity index (χ4v) is 2.79. The number of halogens is 1. The molecule has 1 saturated heterocycles. The van der Waals surface area contributed by atoms with Crippen LogP contribution in [0, 0.1) is 0 Å². The predicted octanol–water partition coefficient (Wildman–Crippen LogP) is 1.05. The van der Waals surface area contributed by atoms with E-state index in [0.29, 0.717) is 11.3 Å². The highest BCUT2D eigenvalue weighted by molar-refractivity contribution is 9.11. The van der Waals surface area contributed by atoms with E-state index in [0.717, 1.165) is 3.79 Å². The van der Waals surface area contributed by atoms with Gasteiger partial charge in [0.25, 0.3) is 5.91 Å². The van der Waals surface area contributed by atoms with Crippen LogP contribution in [0.4, 0.5) is 0 Å². The Bertz CT molecular complexity index is 486. The van der Waals surface area contributed by atoms with Crippen molar-refractivity contribution in [1.29, 1.82) is 0 Å². The molecule has 1 aromatic heterocycles. The van der Waals surface area contributed by atoms with Gasteiger partial charge in [-0.25, -0.2) is 0 Å². The lowest BCUT2D eigenvalue weighted by Gasteiger charge is -2.21. The minimum Gasteiger partial charge on any atom is -0.340 e. The van der Waals surface area contributed by atoms with Gasteiger partial charge in [-0.15, -0.1) is 11.3 Å². The summed E-state index contributed by atoms with van der Waals surface area (Å²) in [6.45, 7) is 0. The van der Waals surface area contributed by atoms with Crippen molar-refractivity contribution in [2.75, 3.05) is 0 Å². The van der Waals surface area contributed by atoms with Crippen molar-refractivity contribution in [3.8, 4) is 0 Å². The average molecular weight is 317 g/mol. The van der Waals surface area contributed by atoms with Gasteiger partial charge in [0.2, 0.25) is 11.8 Å². The molecule has 2 N–H and O–H groups in total. The van der Waals surface area contributed by atoms with Crippen molar-refractivity contribution in [2.24, 2.45) is 0 Å². The van der Waals surface area contributed by atoms with Crippen molar-refractivity contribution < 1.29 is 14.4 Å². The maximum Gasteiger partial charge on any atom is 0.262 e. The number of carbonyl (C=O) groups excluding carboxylic acids is 3. The Morgan fingerprint density at radius 2 is 2.24 bits per heavy atom. The Labute approximate surface area is 110 Å².